The van der Waals surface area contributed by atoms with E-state index in [1.165, 1.54) is 24.0 Å². The van der Waals surface area contributed by atoms with Gasteiger partial charge in [0.15, 0.2) is 0 Å². The highest BCUT2D eigenvalue weighted by Crippen LogP contribution is 2.08. The number of carbonyl (C=O) groups excluding carboxylic acids is 2. The van der Waals surface area contributed by atoms with Gasteiger partial charge in [-0.2, -0.15) is 0 Å². The first-order chi connectivity index (χ1) is 11.2. The van der Waals surface area contributed by atoms with Gasteiger partial charge in [-0.05, 0) is 35.9 Å². The predicted molar refractivity (Wildman–Crippen MR) is 87.5 cm³/mol. The molecule has 3 N–H and O–H groups in total. The molecule has 0 atom stereocenters. The molecule has 0 aromatic heterocycles. The highest BCUT2D eigenvalue weighted by molar-refractivity contribution is 6.01. The monoisotopic (exact) mass is 309 g/mol. The van der Waals surface area contributed by atoms with Crippen molar-refractivity contribution in [3.8, 4) is 0 Å². The quantitative estimate of drug-likeness (QED) is 0.260. The maximum atomic E-state index is 11.9. The number of para-hydroxylation sites is 1. The molecule has 0 fully saturated rings. The molecular formula is C17H15N3O3. The molecule has 2 rings (SSSR count). The molecule has 0 spiro atoms. The SMILES string of the molecule is O=C(/C=C/c1ccc(C(=O)N/C=N/c2ccccc2)cc1)NO. The summed E-state index contributed by atoms with van der Waals surface area (Å²) in [6.45, 7) is 0. The number of hydrogen-bond donors (Lipinski definition) is 3. The van der Waals surface area contributed by atoms with Crippen LogP contribution in [0, 0.1) is 0 Å². The molecule has 0 aliphatic heterocycles. The van der Waals surface area contributed by atoms with Crippen molar-refractivity contribution < 1.29 is 14.8 Å². The van der Waals surface area contributed by atoms with Gasteiger partial charge in [-0.3, -0.25) is 14.8 Å². The number of hydroxylamine groups is 1. The second-order valence-electron chi connectivity index (χ2n) is 4.50. The Morgan fingerprint density at radius 1 is 1.00 bits per heavy atom. The molecule has 0 saturated carbocycles. The minimum absolute atomic E-state index is 0.284. The van der Waals surface area contributed by atoms with Gasteiger partial charge >= 0.3 is 0 Å². The normalized spacial score (nSPS) is 10.8. The molecule has 0 unspecified atom stereocenters. The lowest BCUT2D eigenvalue weighted by Gasteiger charge is -2.01. The van der Waals surface area contributed by atoms with Crippen LogP contribution >= 0.6 is 0 Å². The second-order valence-corrected chi connectivity index (χ2v) is 4.50. The Morgan fingerprint density at radius 2 is 1.70 bits per heavy atom. The molecule has 0 radical (unpaired) electrons. The van der Waals surface area contributed by atoms with E-state index in [1.54, 1.807) is 24.3 Å². The third kappa shape index (κ3) is 5.22. The van der Waals surface area contributed by atoms with Crippen LogP contribution in [0.1, 0.15) is 15.9 Å². The number of benzene rings is 2. The lowest BCUT2D eigenvalue weighted by molar-refractivity contribution is -0.124. The molecule has 0 saturated heterocycles. The Balaban J connectivity index is 1.94. The van der Waals surface area contributed by atoms with Gasteiger partial charge in [0.05, 0.1) is 12.0 Å². The number of nitrogens with one attached hydrogen (secondary N) is 2. The topological polar surface area (TPSA) is 90.8 Å². The minimum atomic E-state index is -0.621. The zero-order chi connectivity index (χ0) is 16.5. The maximum Gasteiger partial charge on any atom is 0.267 e. The number of carbonyl (C=O) groups is 2. The van der Waals surface area contributed by atoms with E-state index in [1.807, 2.05) is 30.3 Å². The largest absolute Gasteiger partial charge is 0.313 e. The van der Waals surface area contributed by atoms with E-state index >= 15 is 0 Å². The standard InChI is InChI=1S/C17H15N3O3/c21-16(20-23)11-8-13-6-9-14(10-7-13)17(22)19-12-18-15-4-2-1-3-5-15/h1-12,23H,(H,20,21)(H,18,19,22)/b11-8+. The first-order valence-corrected chi connectivity index (χ1v) is 6.80. The fourth-order valence-electron chi connectivity index (χ4n) is 1.72. The Morgan fingerprint density at radius 3 is 2.35 bits per heavy atom. The number of aliphatic imine (C=N–C) groups is 1. The van der Waals surface area contributed by atoms with Crippen molar-refractivity contribution in [2.24, 2.45) is 4.99 Å². The summed E-state index contributed by atoms with van der Waals surface area (Å²) >= 11 is 0. The summed E-state index contributed by atoms with van der Waals surface area (Å²) in [5.41, 5.74) is 3.43. The Hall–Kier alpha value is -3.25. The van der Waals surface area contributed by atoms with Crippen molar-refractivity contribution >= 4 is 29.9 Å². The van der Waals surface area contributed by atoms with Crippen LogP contribution in [0.4, 0.5) is 5.69 Å². The Bertz CT molecular complexity index is 723. The number of amides is 2. The molecular weight excluding hydrogens is 294 g/mol. The summed E-state index contributed by atoms with van der Waals surface area (Å²) in [4.78, 5) is 26.9. The van der Waals surface area contributed by atoms with Gasteiger partial charge in [-0.15, -0.1) is 0 Å². The summed E-state index contributed by atoms with van der Waals surface area (Å²) in [7, 11) is 0. The first kappa shape index (κ1) is 16.1. The molecule has 0 bridgehead atoms. The summed E-state index contributed by atoms with van der Waals surface area (Å²) in [5, 5.41) is 11.0. The third-order valence-electron chi connectivity index (χ3n) is 2.88. The summed E-state index contributed by atoms with van der Waals surface area (Å²) in [6.07, 6.45) is 4.04. The molecule has 2 aromatic carbocycles. The molecule has 0 aliphatic rings. The first-order valence-electron chi connectivity index (χ1n) is 6.80. The van der Waals surface area contributed by atoms with E-state index in [0.717, 1.165) is 11.3 Å². The Labute approximate surface area is 133 Å². The van der Waals surface area contributed by atoms with Crippen molar-refractivity contribution in [1.29, 1.82) is 0 Å². The zero-order valence-corrected chi connectivity index (χ0v) is 12.1. The highest BCUT2D eigenvalue weighted by Gasteiger charge is 2.02. The van der Waals surface area contributed by atoms with Crippen LogP contribution in [0.2, 0.25) is 0 Å². The van der Waals surface area contributed by atoms with Crippen LogP contribution in [-0.2, 0) is 4.79 Å². The van der Waals surface area contributed by atoms with Gasteiger partial charge in [0.1, 0.15) is 0 Å². The van der Waals surface area contributed by atoms with Crippen molar-refractivity contribution in [3.63, 3.8) is 0 Å². The average molecular weight is 309 g/mol. The fourth-order valence-corrected chi connectivity index (χ4v) is 1.72. The van der Waals surface area contributed by atoms with Crippen molar-refractivity contribution in [1.82, 2.24) is 10.8 Å². The number of rotatable bonds is 5. The van der Waals surface area contributed by atoms with E-state index in [4.69, 9.17) is 5.21 Å². The second kappa shape index (κ2) is 8.26. The summed E-state index contributed by atoms with van der Waals surface area (Å²) in [5.74, 6) is -0.905. The van der Waals surface area contributed by atoms with Gasteiger partial charge in [-0.25, -0.2) is 10.5 Å². The smallest absolute Gasteiger partial charge is 0.267 e. The average Bonchev–Trinajstić information content (AvgIpc) is 2.61. The van der Waals surface area contributed by atoms with E-state index in [-0.39, 0.29) is 5.91 Å². The van der Waals surface area contributed by atoms with Crippen molar-refractivity contribution in [2.45, 2.75) is 0 Å². The van der Waals surface area contributed by atoms with E-state index in [0.29, 0.717) is 5.56 Å². The molecule has 0 heterocycles. The molecule has 6 heteroatoms. The summed E-state index contributed by atoms with van der Waals surface area (Å²) < 4.78 is 0. The van der Waals surface area contributed by atoms with Gasteiger partial charge in [0.25, 0.3) is 11.8 Å². The van der Waals surface area contributed by atoms with Crippen LogP contribution < -0.4 is 10.8 Å². The molecule has 2 aromatic rings. The Kier molecular flexibility index (Phi) is 5.79. The van der Waals surface area contributed by atoms with E-state index in [2.05, 4.69) is 10.3 Å². The molecule has 23 heavy (non-hydrogen) atoms. The predicted octanol–water partition coefficient (Wildman–Crippen LogP) is 2.29. The molecule has 6 nitrogen and oxygen atoms in total. The van der Waals surface area contributed by atoms with Gasteiger partial charge < -0.3 is 5.32 Å². The van der Waals surface area contributed by atoms with Crippen LogP contribution in [0.3, 0.4) is 0 Å². The van der Waals surface area contributed by atoms with Crippen LogP contribution in [0.5, 0.6) is 0 Å². The van der Waals surface area contributed by atoms with Gasteiger partial charge in [0, 0.05) is 11.6 Å². The molecule has 116 valence electrons. The van der Waals surface area contributed by atoms with Gasteiger partial charge in [-0.1, -0.05) is 30.3 Å². The lowest BCUT2D eigenvalue weighted by atomic mass is 10.1. The third-order valence-corrected chi connectivity index (χ3v) is 2.88. The van der Waals surface area contributed by atoms with E-state index in [9.17, 15) is 9.59 Å². The maximum absolute atomic E-state index is 11.9. The zero-order valence-electron chi connectivity index (χ0n) is 12.1. The fraction of sp³-hybridized carbons (Fsp3) is 0. The number of hydrogen-bond acceptors (Lipinski definition) is 4. The molecule has 2 amide bonds. The van der Waals surface area contributed by atoms with Crippen molar-refractivity contribution in [2.75, 3.05) is 0 Å². The van der Waals surface area contributed by atoms with Crippen LogP contribution in [0.15, 0.2) is 65.7 Å². The minimum Gasteiger partial charge on any atom is -0.313 e. The summed E-state index contributed by atoms with van der Waals surface area (Å²) in [6, 6.07) is 15.9. The van der Waals surface area contributed by atoms with E-state index < -0.39 is 5.91 Å². The van der Waals surface area contributed by atoms with Crippen molar-refractivity contribution in [3.05, 3.63) is 71.8 Å². The van der Waals surface area contributed by atoms with Crippen LogP contribution in [0.25, 0.3) is 6.08 Å². The lowest BCUT2D eigenvalue weighted by Crippen LogP contribution is -2.21. The van der Waals surface area contributed by atoms with Crippen LogP contribution in [-0.4, -0.2) is 23.4 Å². The number of nitrogens with zero attached hydrogens (tertiary/aromatic N) is 1. The molecule has 0 aliphatic carbocycles. The highest BCUT2D eigenvalue weighted by atomic mass is 16.5. The van der Waals surface area contributed by atoms with Gasteiger partial charge in [0.2, 0.25) is 0 Å².